The first-order valence-electron chi connectivity index (χ1n) is 12.4. The fourth-order valence-electron chi connectivity index (χ4n) is 3.37. The normalized spacial score (nSPS) is 15.2. The van der Waals surface area contributed by atoms with E-state index in [1.165, 1.54) is 51.1 Å². The van der Waals surface area contributed by atoms with Crippen LogP contribution in [0.4, 0.5) is 74.6 Å². The van der Waals surface area contributed by atoms with E-state index in [1.807, 2.05) is 5.32 Å². The quantitative estimate of drug-likeness (QED) is 0.0924. The Balaban J connectivity index is 3.21. The van der Waals surface area contributed by atoms with Crippen LogP contribution in [0.5, 0.6) is 0 Å². The molecule has 0 radical (unpaired) electrons. The molecule has 0 spiro atoms. The lowest BCUT2D eigenvalue weighted by Crippen LogP contribution is -2.74. The van der Waals surface area contributed by atoms with Gasteiger partial charge in [0.15, 0.2) is 11.8 Å². The zero-order valence-electron chi connectivity index (χ0n) is 23.6. The number of Topliss-reactive ketones (excluding diaryl/α,β-unsaturated/α-hetero) is 1. The summed E-state index contributed by atoms with van der Waals surface area (Å²) < 4.78 is 232. The molecule has 0 heterocycles. The highest BCUT2D eigenvalue weighted by Crippen LogP contribution is 2.64. The van der Waals surface area contributed by atoms with E-state index in [4.69, 9.17) is 0 Å². The summed E-state index contributed by atoms with van der Waals surface area (Å²) in [5, 5.41) is 1.93. The van der Waals surface area contributed by atoms with Gasteiger partial charge in [0.1, 0.15) is 0 Å². The van der Waals surface area contributed by atoms with E-state index in [0.29, 0.717) is 0 Å². The van der Waals surface area contributed by atoms with Crippen molar-refractivity contribution in [2.75, 3.05) is 6.61 Å². The molecular weight excluding hydrogens is 701 g/mol. The summed E-state index contributed by atoms with van der Waals surface area (Å²) in [5.41, 5.74) is -1.56. The third-order valence-corrected chi connectivity index (χ3v) is 6.22. The largest absolute Gasteiger partial charge is 0.464 e. The number of rotatable bonds is 14. The van der Waals surface area contributed by atoms with Crippen molar-refractivity contribution in [2.24, 2.45) is 5.41 Å². The number of hydrogen-bond acceptors (Lipinski definition) is 4. The molecule has 5 nitrogen and oxygen atoms in total. The molecule has 0 saturated heterocycles. The molecule has 0 fully saturated rings. The Morgan fingerprint density at radius 1 is 0.638 bits per heavy atom. The monoisotopic (exact) mass is 723 g/mol. The standard InChI is InChI=1S/C25H22F17NO4/c1-17(2,3)14(44)13(43-15(45)12-8-5-4-6-9-12)16(46)47-11-7-10-18(26,27)19(28,29)20(30,31)21(32,33)22(34,35)23(36,37)24(38,39)25(40,41)42/h4-6,8-9,13H,7,10-11H2,1-3H3,(H,43,45). The van der Waals surface area contributed by atoms with Crippen LogP contribution in [0.1, 0.15) is 44.0 Å². The Morgan fingerprint density at radius 3 is 1.45 bits per heavy atom. The van der Waals surface area contributed by atoms with Crippen molar-refractivity contribution >= 4 is 17.7 Å². The van der Waals surface area contributed by atoms with E-state index in [-0.39, 0.29) is 5.56 Å². The molecular formula is C25H22F17NO4. The molecule has 0 bridgehead atoms. The average Bonchev–Trinajstić information content (AvgIpc) is 2.92. The number of hydrogen-bond donors (Lipinski definition) is 1. The number of benzene rings is 1. The van der Waals surface area contributed by atoms with E-state index in [2.05, 4.69) is 4.74 Å². The number of ether oxygens (including phenoxy) is 1. The first kappa shape index (κ1) is 41.7. The van der Waals surface area contributed by atoms with E-state index < -0.39 is 96.2 Å². The molecule has 47 heavy (non-hydrogen) atoms. The second-order valence-electron chi connectivity index (χ2n) is 10.8. The molecule has 1 amide bonds. The lowest BCUT2D eigenvalue weighted by molar-refractivity contribution is -0.461. The zero-order chi connectivity index (χ0) is 37.5. The molecule has 22 heteroatoms. The third kappa shape index (κ3) is 7.39. The van der Waals surface area contributed by atoms with Crippen LogP contribution in [0.15, 0.2) is 30.3 Å². The van der Waals surface area contributed by atoms with Crippen LogP contribution in [-0.4, -0.2) is 77.9 Å². The van der Waals surface area contributed by atoms with Gasteiger partial charge in [-0.05, 0) is 18.6 Å². The number of halogens is 17. The van der Waals surface area contributed by atoms with Gasteiger partial charge in [-0.25, -0.2) is 4.79 Å². The second-order valence-corrected chi connectivity index (χ2v) is 10.8. The van der Waals surface area contributed by atoms with E-state index in [9.17, 15) is 89.0 Å². The highest BCUT2D eigenvalue weighted by molar-refractivity contribution is 6.09. The molecule has 0 aromatic heterocycles. The molecule has 1 unspecified atom stereocenters. The molecule has 1 atom stereocenters. The Labute approximate surface area is 252 Å². The summed E-state index contributed by atoms with van der Waals surface area (Å²) in [6, 6.07) is 4.37. The first-order valence-corrected chi connectivity index (χ1v) is 12.4. The van der Waals surface area contributed by atoms with Gasteiger partial charge in [-0.2, -0.15) is 74.6 Å². The number of esters is 1. The predicted octanol–water partition coefficient (Wildman–Crippen LogP) is 7.73. The van der Waals surface area contributed by atoms with Crippen molar-refractivity contribution < 1.29 is 93.8 Å². The fraction of sp³-hybridized carbons (Fsp3) is 0.640. The smallest absolute Gasteiger partial charge is 0.460 e. The molecule has 270 valence electrons. The molecule has 0 saturated carbocycles. The summed E-state index contributed by atoms with van der Waals surface area (Å²) in [6.07, 6.45) is -12.4. The Bertz CT molecular complexity index is 1290. The number of amides is 1. The van der Waals surface area contributed by atoms with Crippen molar-refractivity contribution in [1.29, 1.82) is 0 Å². The van der Waals surface area contributed by atoms with Gasteiger partial charge in [0, 0.05) is 17.4 Å². The van der Waals surface area contributed by atoms with Gasteiger partial charge in [-0.3, -0.25) is 9.59 Å². The SMILES string of the molecule is CC(C)(C)C(=O)C(NC(=O)c1ccccc1)C(=O)OCCCC(F)(F)C(F)(F)C(F)(F)C(F)(F)C(F)(F)C(F)(F)C(F)(F)C(F)(F)F. The minimum atomic E-state index is -8.74. The summed E-state index contributed by atoms with van der Waals surface area (Å²) >= 11 is 0. The second kappa shape index (κ2) is 12.9. The zero-order valence-corrected chi connectivity index (χ0v) is 23.6. The van der Waals surface area contributed by atoms with Crippen molar-refractivity contribution in [3.05, 3.63) is 35.9 Å². The van der Waals surface area contributed by atoms with Crippen LogP contribution in [0.25, 0.3) is 0 Å². The number of ketones is 1. The molecule has 1 aromatic rings. The minimum absolute atomic E-state index is 0.128. The van der Waals surface area contributed by atoms with Gasteiger partial charge in [0.05, 0.1) is 6.61 Å². The number of carbonyl (C=O) groups is 3. The maximum atomic E-state index is 14.1. The van der Waals surface area contributed by atoms with Crippen molar-refractivity contribution in [3.8, 4) is 0 Å². The summed E-state index contributed by atoms with van der Waals surface area (Å²) in [5.74, 6) is -61.2. The van der Waals surface area contributed by atoms with E-state index in [0.717, 1.165) is 0 Å². The van der Waals surface area contributed by atoms with Crippen LogP contribution in [-0.2, 0) is 14.3 Å². The van der Waals surface area contributed by atoms with Gasteiger partial charge in [-0.15, -0.1) is 0 Å². The highest BCUT2D eigenvalue weighted by atomic mass is 19.4. The van der Waals surface area contributed by atoms with Gasteiger partial charge >= 0.3 is 53.6 Å². The summed E-state index contributed by atoms with van der Waals surface area (Å²) in [7, 11) is 0. The Kier molecular flexibility index (Phi) is 11.5. The summed E-state index contributed by atoms with van der Waals surface area (Å²) in [4.78, 5) is 37.5. The Morgan fingerprint density at radius 2 is 1.04 bits per heavy atom. The number of alkyl halides is 17. The predicted molar refractivity (Wildman–Crippen MR) is 123 cm³/mol. The van der Waals surface area contributed by atoms with Gasteiger partial charge in [0.25, 0.3) is 5.91 Å². The molecule has 1 N–H and O–H groups in total. The van der Waals surface area contributed by atoms with Crippen molar-refractivity contribution in [3.63, 3.8) is 0 Å². The van der Waals surface area contributed by atoms with Crippen LogP contribution in [0, 0.1) is 5.41 Å². The van der Waals surface area contributed by atoms with Gasteiger partial charge in [0.2, 0.25) is 0 Å². The molecule has 0 aliphatic heterocycles. The molecule has 1 rings (SSSR count). The van der Waals surface area contributed by atoms with Crippen LogP contribution in [0.2, 0.25) is 0 Å². The van der Waals surface area contributed by atoms with Crippen LogP contribution >= 0.6 is 0 Å². The number of nitrogens with one attached hydrogen (secondary N) is 1. The topological polar surface area (TPSA) is 72.5 Å². The average molecular weight is 723 g/mol. The maximum absolute atomic E-state index is 14.1. The van der Waals surface area contributed by atoms with Gasteiger partial charge in [-0.1, -0.05) is 39.0 Å². The van der Waals surface area contributed by atoms with Crippen LogP contribution < -0.4 is 5.32 Å². The number of carbonyl (C=O) groups excluding carboxylic acids is 3. The van der Waals surface area contributed by atoms with E-state index in [1.54, 1.807) is 0 Å². The summed E-state index contributed by atoms with van der Waals surface area (Å²) in [6.45, 7) is 2.12. The molecule has 1 aromatic carbocycles. The third-order valence-electron chi connectivity index (χ3n) is 6.22. The minimum Gasteiger partial charge on any atom is -0.464 e. The van der Waals surface area contributed by atoms with Crippen LogP contribution in [0.3, 0.4) is 0 Å². The fourth-order valence-corrected chi connectivity index (χ4v) is 3.37. The van der Waals surface area contributed by atoms with E-state index >= 15 is 0 Å². The molecule has 0 aliphatic rings. The maximum Gasteiger partial charge on any atom is 0.460 e. The molecule has 0 aliphatic carbocycles. The lowest BCUT2D eigenvalue weighted by atomic mass is 9.86. The highest BCUT2D eigenvalue weighted by Gasteiger charge is 2.95. The Hall–Kier alpha value is -3.36. The van der Waals surface area contributed by atoms with Crippen molar-refractivity contribution in [1.82, 2.24) is 5.32 Å². The van der Waals surface area contributed by atoms with Gasteiger partial charge < -0.3 is 10.1 Å². The van der Waals surface area contributed by atoms with Crippen molar-refractivity contribution in [2.45, 2.75) is 87.3 Å². The lowest BCUT2D eigenvalue weighted by Gasteiger charge is -2.42. The first-order chi connectivity index (χ1) is 20.7.